The Morgan fingerprint density at radius 3 is 2.67 bits per heavy atom. The van der Waals surface area contributed by atoms with E-state index in [-0.39, 0.29) is 17.5 Å². The molecule has 2 atom stereocenters. The van der Waals surface area contributed by atoms with Crippen molar-refractivity contribution >= 4 is 15.7 Å². The molecular weight excluding hydrogens is 252 g/mol. The van der Waals surface area contributed by atoms with Crippen LogP contribution in [0, 0.1) is 0 Å². The standard InChI is InChI=1S/C12H18N2O3S/c1-9(15)10-3-4-12(13-7-10)14(2)11-5-6-18(16,17)8-11/h3-4,7,9,11,15H,5-6,8H2,1-2H3/t9-,11?/m0/s1. The highest BCUT2D eigenvalue weighted by Crippen LogP contribution is 2.22. The van der Waals surface area contributed by atoms with Crippen LogP contribution in [0.25, 0.3) is 0 Å². The molecule has 1 aliphatic rings. The maximum Gasteiger partial charge on any atom is 0.152 e. The molecule has 2 rings (SSSR count). The molecule has 0 aliphatic carbocycles. The van der Waals surface area contributed by atoms with Crippen molar-refractivity contribution in [3.05, 3.63) is 23.9 Å². The summed E-state index contributed by atoms with van der Waals surface area (Å²) in [5.41, 5.74) is 0.756. The molecule has 100 valence electrons. The summed E-state index contributed by atoms with van der Waals surface area (Å²) in [4.78, 5) is 6.16. The fourth-order valence-corrected chi connectivity index (χ4v) is 3.90. The summed E-state index contributed by atoms with van der Waals surface area (Å²) in [6.45, 7) is 1.68. The van der Waals surface area contributed by atoms with Crippen LogP contribution in [0.1, 0.15) is 25.0 Å². The molecule has 1 fully saturated rings. The van der Waals surface area contributed by atoms with Crippen molar-refractivity contribution in [3.63, 3.8) is 0 Å². The minimum atomic E-state index is -2.88. The molecule has 1 N–H and O–H groups in total. The van der Waals surface area contributed by atoms with Crippen molar-refractivity contribution in [2.75, 3.05) is 23.5 Å². The summed E-state index contributed by atoms with van der Waals surface area (Å²) >= 11 is 0. The maximum atomic E-state index is 11.4. The number of aliphatic hydroxyl groups excluding tert-OH is 1. The first kappa shape index (κ1) is 13.3. The Morgan fingerprint density at radius 1 is 1.50 bits per heavy atom. The third kappa shape index (κ3) is 2.81. The van der Waals surface area contributed by atoms with Crippen LogP contribution in [0.5, 0.6) is 0 Å². The van der Waals surface area contributed by atoms with Crippen LogP contribution < -0.4 is 4.90 Å². The summed E-state index contributed by atoms with van der Waals surface area (Å²) in [5.74, 6) is 1.19. The van der Waals surface area contributed by atoms with E-state index in [1.54, 1.807) is 13.1 Å². The van der Waals surface area contributed by atoms with E-state index >= 15 is 0 Å². The Kier molecular flexibility index (Phi) is 3.59. The molecule has 6 heteroatoms. The molecule has 1 aromatic heterocycles. The van der Waals surface area contributed by atoms with Crippen molar-refractivity contribution in [1.29, 1.82) is 0 Å². The monoisotopic (exact) mass is 270 g/mol. The van der Waals surface area contributed by atoms with Crippen LogP contribution in [0.2, 0.25) is 0 Å². The highest BCUT2D eigenvalue weighted by atomic mass is 32.2. The summed E-state index contributed by atoms with van der Waals surface area (Å²) in [7, 11) is -1.02. The van der Waals surface area contributed by atoms with Crippen molar-refractivity contribution in [3.8, 4) is 0 Å². The van der Waals surface area contributed by atoms with Crippen molar-refractivity contribution in [2.45, 2.75) is 25.5 Å². The predicted molar refractivity (Wildman–Crippen MR) is 70.3 cm³/mol. The van der Waals surface area contributed by atoms with Gasteiger partial charge < -0.3 is 10.0 Å². The molecule has 0 bridgehead atoms. The van der Waals surface area contributed by atoms with Gasteiger partial charge in [-0.05, 0) is 25.0 Å². The zero-order valence-corrected chi connectivity index (χ0v) is 11.4. The van der Waals surface area contributed by atoms with E-state index in [0.29, 0.717) is 6.42 Å². The second-order valence-electron chi connectivity index (χ2n) is 4.79. The quantitative estimate of drug-likeness (QED) is 0.878. The Morgan fingerprint density at radius 2 is 2.22 bits per heavy atom. The first-order valence-corrected chi connectivity index (χ1v) is 7.78. The summed E-state index contributed by atoms with van der Waals surface area (Å²) < 4.78 is 22.9. The molecular formula is C12H18N2O3S. The Bertz CT molecular complexity index is 511. The molecule has 0 radical (unpaired) electrons. The summed E-state index contributed by atoms with van der Waals surface area (Å²) in [6.07, 6.45) is 1.74. The van der Waals surface area contributed by atoms with Crippen LogP contribution in [0.3, 0.4) is 0 Å². The van der Waals surface area contributed by atoms with Gasteiger partial charge in [0, 0.05) is 19.3 Å². The molecule has 1 unspecified atom stereocenters. The highest BCUT2D eigenvalue weighted by Gasteiger charge is 2.31. The third-order valence-corrected chi connectivity index (χ3v) is 5.12. The molecule has 0 spiro atoms. The topological polar surface area (TPSA) is 70.5 Å². The van der Waals surface area contributed by atoms with Crippen LogP contribution in [-0.4, -0.2) is 43.1 Å². The van der Waals surface area contributed by atoms with E-state index in [9.17, 15) is 13.5 Å². The Labute approximate surface area is 107 Å². The first-order chi connectivity index (χ1) is 8.39. The van der Waals surface area contributed by atoms with Gasteiger partial charge in [-0.25, -0.2) is 13.4 Å². The van der Waals surface area contributed by atoms with Gasteiger partial charge in [-0.15, -0.1) is 0 Å². The lowest BCUT2D eigenvalue weighted by Crippen LogP contribution is -2.33. The second-order valence-corrected chi connectivity index (χ2v) is 7.02. The van der Waals surface area contributed by atoms with E-state index in [4.69, 9.17) is 0 Å². The summed E-state index contributed by atoms with van der Waals surface area (Å²) in [5, 5.41) is 9.40. The van der Waals surface area contributed by atoms with Gasteiger partial charge in [-0.1, -0.05) is 6.07 Å². The Balaban J connectivity index is 2.12. The number of aromatic nitrogens is 1. The van der Waals surface area contributed by atoms with Crippen LogP contribution in [-0.2, 0) is 9.84 Å². The van der Waals surface area contributed by atoms with Crippen molar-refractivity contribution in [2.24, 2.45) is 0 Å². The number of aliphatic hydroxyl groups is 1. The van der Waals surface area contributed by atoms with Gasteiger partial charge in [0.15, 0.2) is 9.84 Å². The average molecular weight is 270 g/mol. The number of rotatable bonds is 3. The van der Waals surface area contributed by atoms with Gasteiger partial charge in [0.05, 0.1) is 17.6 Å². The van der Waals surface area contributed by atoms with Gasteiger partial charge in [0.1, 0.15) is 5.82 Å². The largest absolute Gasteiger partial charge is 0.389 e. The molecule has 0 saturated carbocycles. The number of hydrogen-bond donors (Lipinski definition) is 1. The van der Waals surface area contributed by atoms with Crippen LogP contribution >= 0.6 is 0 Å². The van der Waals surface area contributed by atoms with Gasteiger partial charge in [0.2, 0.25) is 0 Å². The average Bonchev–Trinajstić information content (AvgIpc) is 2.69. The number of pyridine rings is 1. The molecule has 0 aromatic carbocycles. The van der Waals surface area contributed by atoms with E-state index in [2.05, 4.69) is 4.98 Å². The van der Waals surface area contributed by atoms with Crippen LogP contribution in [0.15, 0.2) is 18.3 Å². The third-order valence-electron chi connectivity index (χ3n) is 3.37. The SMILES string of the molecule is C[C@H](O)c1ccc(N(C)C2CCS(=O)(=O)C2)nc1. The lowest BCUT2D eigenvalue weighted by atomic mass is 10.2. The predicted octanol–water partition coefficient (Wildman–Crippen LogP) is 0.758. The molecule has 18 heavy (non-hydrogen) atoms. The molecule has 2 heterocycles. The van der Waals surface area contributed by atoms with E-state index in [1.807, 2.05) is 24.1 Å². The van der Waals surface area contributed by atoms with E-state index in [1.165, 1.54) is 0 Å². The number of hydrogen-bond acceptors (Lipinski definition) is 5. The molecule has 1 aliphatic heterocycles. The highest BCUT2D eigenvalue weighted by molar-refractivity contribution is 7.91. The fraction of sp³-hybridized carbons (Fsp3) is 0.583. The fourth-order valence-electron chi connectivity index (χ4n) is 2.12. The number of sulfone groups is 1. The van der Waals surface area contributed by atoms with Crippen molar-refractivity contribution in [1.82, 2.24) is 4.98 Å². The second kappa shape index (κ2) is 4.85. The van der Waals surface area contributed by atoms with Gasteiger partial charge in [-0.3, -0.25) is 0 Å². The molecule has 1 aromatic rings. The number of nitrogens with zero attached hydrogens (tertiary/aromatic N) is 2. The van der Waals surface area contributed by atoms with Crippen LogP contribution in [0.4, 0.5) is 5.82 Å². The van der Waals surface area contributed by atoms with Gasteiger partial charge >= 0.3 is 0 Å². The zero-order valence-electron chi connectivity index (χ0n) is 10.6. The molecule has 5 nitrogen and oxygen atoms in total. The lowest BCUT2D eigenvalue weighted by Gasteiger charge is -2.24. The normalized spacial score (nSPS) is 23.8. The zero-order chi connectivity index (χ0) is 13.3. The van der Waals surface area contributed by atoms with Gasteiger partial charge in [-0.2, -0.15) is 0 Å². The maximum absolute atomic E-state index is 11.4. The lowest BCUT2D eigenvalue weighted by molar-refractivity contribution is 0.199. The molecule has 1 saturated heterocycles. The Hall–Kier alpha value is -1.14. The summed E-state index contributed by atoms with van der Waals surface area (Å²) in [6, 6.07) is 3.62. The minimum absolute atomic E-state index is 0.0000926. The minimum Gasteiger partial charge on any atom is -0.389 e. The number of anilines is 1. The molecule has 0 amide bonds. The first-order valence-electron chi connectivity index (χ1n) is 5.96. The van der Waals surface area contributed by atoms with Crippen molar-refractivity contribution < 1.29 is 13.5 Å². The smallest absolute Gasteiger partial charge is 0.152 e. The van der Waals surface area contributed by atoms with Gasteiger partial charge in [0.25, 0.3) is 0 Å². The van der Waals surface area contributed by atoms with E-state index in [0.717, 1.165) is 11.4 Å². The van der Waals surface area contributed by atoms with E-state index < -0.39 is 15.9 Å².